The molecule has 5 rings (SSSR count). The van der Waals surface area contributed by atoms with E-state index in [-0.39, 0.29) is 18.1 Å². The number of aromatic amines is 1. The van der Waals surface area contributed by atoms with Gasteiger partial charge in [0.2, 0.25) is 0 Å². The summed E-state index contributed by atoms with van der Waals surface area (Å²) in [5.41, 5.74) is 4.06. The van der Waals surface area contributed by atoms with Crippen molar-refractivity contribution in [1.29, 1.82) is 0 Å². The summed E-state index contributed by atoms with van der Waals surface area (Å²) in [7, 11) is 0. The lowest BCUT2D eigenvalue weighted by atomic mass is 10.0. The van der Waals surface area contributed by atoms with E-state index in [2.05, 4.69) is 20.3 Å². The van der Waals surface area contributed by atoms with Crippen molar-refractivity contribution >= 4 is 50.9 Å². The van der Waals surface area contributed by atoms with Gasteiger partial charge in [-0.1, -0.05) is 29.3 Å². The number of aromatic nitrogens is 3. The fraction of sp³-hybridized carbons (Fsp3) is 0.0800. The van der Waals surface area contributed by atoms with Crippen molar-refractivity contribution < 1.29 is 9.18 Å². The van der Waals surface area contributed by atoms with Crippen molar-refractivity contribution in [3.63, 3.8) is 0 Å². The monoisotopic (exact) mass is 478 g/mol. The third kappa shape index (κ3) is 4.53. The molecule has 2 aromatic carbocycles. The maximum Gasteiger partial charge on any atom is 0.270 e. The van der Waals surface area contributed by atoms with Crippen LogP contribution >= 0.6 is 23.2 Å². The van der Waals surface area contributed by atoms with Crippen molar-refractivity contribution in [2.45, 2.75) is 13.0 Å². The molecule has 33 heavy (non-hydrogen) atoms. The van der Waals surface area contributed by atoms with Gasteiger partial charge < -0.3 is 10.3 Å². The van der Waals surface area contributed by atoms with Crippen LogP contribution < -0.4 is 5.32 Å². The van der Waals surface area contributed by atoms with Gasteiger partial charge >= 0.3 is 0 Å². The predicted octanol–water partition coefficient (Wildman–Crippen LogP) is 6.08. The number of hydrogen-bond acceptors (Lipinski definition) is 3. The average molecular weight is 479 g/mol. The van der Waals surface area contributed by atoms with E-state index in [1.807, 2.05) is 30.3 Å². The Balaban J connectivity index is 1.31. The largest absolute Gasteiger partial charge is 0.360 e. The minimum absolute atomic E-state index is 0.0203. The molecule has 0 unspecified atom stereocenters. The van der Waals surface area contributed by atoms with E-state index in [4.69, 9.17) is 23.2 Å². The van der Waals surface area contributed by atoms with Crippen molar-refractivity contribution in [2.24, 2.45) is 0 Å². The first-order chi connectivity index (χ1) is 16.0. The second kappa shape index (κ2) is 8.81. The number of pyridine rings is 2. The number of nitrogens with one attached hydrogen (secondary N) is 2. The Hall–Kier alpha value is -3.48. The molecule has 0 aliphatic rings. The van der Waals surface area contributed by atoms with Gasteiger partial charge in [-0.15, -0.1) is 0 Å². The number of benzene rings is 2. The normalized spacial score (nSPS) is 11.2. The molecule has 3 aromatic heterocycles. The minimum atomic E-state index is -0.422. The van der Waals surface area contributed by atoms with E-state index < -0.39 is 5.82 Å². The molecule has 8 heteroatoms. The van der Waals surface area contributed by atoms with Gasteiger partial charge in [0.05, 0.1) is 15.6 Å². The first-order valence-electron chi connectivity index (χ1n) is 10.2. The molecule has 0 spiro atoms. The SMILES string of the molecule is O=C(NCc1cc2c(Cl)c[nH]c2cc1F)c1cc(Cc2ccc3ncc(Cl)cc3c2)ccn1. The van der Waals surface area contributed by atoms with E-state index in [9.17, 15) is 9.18 Å². The number of carbonyl (C=O) groups is 1. The summed E-state index contributed by atoms with van der Waals surface area (Å²) in [6.07, 6.45) is 5.43. The van der Waals surface area contributed by atoms with E-state index in [0.29, 0.717) is 32.9 Å². The van der Waals surface area contributed by atoms with Crippen LogP contribution in [0.25, 0.3) is 21.8 Å². The molecular weight excluding hydrogens is 462 g/mol. The highest BCUT2D eigenvalue weighted by atomic mass is 35.5. The fourth-order valence-corrected chi connectivity index (χ4v) is 4.14. The molecule has 0 fully saturated rings. The lowest BCUT2D eigenvalue weighted by Crippen LogP contribution is -2.24. The average Bonchev–Trinajstić information content (AvgIpc) is 3.16. The first kappa shape index (κ1) is 21.4. The quantitative estimate of drug-likeness (QED) is 0.321. The lowest BCUT2D eigenvalue weighted by molar-refractivity contribution is 0.0945. The second-order valence-corrected chi connectivity index (χ2v) is 8.56. The summed E-state index contributed by atoms with van der Waals surface area (Å²) in [6, 6.07) is 14.4. The Morgan fingerprint density at radius 1 is 1.03 bits per heavy atom. The number of rotatable bonds is 5. The number of carbonyl (C=O) groups excluding carboxylic acids is 1. The van der Waals surface area contributed by atoms with Crippen LogP contribution in [0.5, 0.6) is 0 Å². The highest BCUT2D eigenvalue weighted by molar-refractivity contribution is 6.35. The van der Waals surface area contributed by atoms with E-state index in [0.717, 1.165) is 22.0 Å². The van der Waals surface area contributed by atoms with E-state index >= 15 is 0 Å². The van der Waals surface area contributed by atoms with E-state index in [1.165, 1.54) is 6.07 Å². The Morgan fingerprint density at radius 3 is 2.76 bits per heavy atom. The van der Waals surface area contributed by atoms with Gasteiger partial charge in [0, 0.05) is 47.0 Å². The zero-order chi connectivity index (χ0) is 22.9. The zero-order valence-corrected chi connectivity index (χ0v) is 18.7. The molecule has 3 heterocycles. The summed E-state index contributed by atoms with van der Waals surface area (Å²) < 4.78 is 14.4. The molecule has 5 aromatic rings. The highest BCUT2D eigenvalue weighted by Gasteiger charge is 2.12. The molecule has 0 atom stereocenters. The van der Waals surface area contributed by atoms with Gasteiger partial charge in [0.25, 0.3) is 5.91 Å². The number of halogens is 3. The maximum absolute atomic E-state index is 14.4. The summed E-state index contributed by atoms with van der Waals surface area (Å²) in [5.74, 6) is -0.806. The molecule has 0 aliphatic heterocycles. The van der Waals surface area contributed by atoms with Crippen LogP contribution in [0, 0.1) is 5.82 Å². The summed E-state index contributed by atoms with van der Waals surface area (Å²) >= 11 is 12.2. The summed E-state index contributed by atoms with van der Waals surface area (Å²) in [4.78, 5) is 24.1. The molecule has 5 nitrogen and oxygen atoms in total. The minimum Gasteiger partial charge on any atom is -0.360 e. The van der Waals surface area contributed by atoms with E-state index in [1.54, 1.807) is 30.7 Å². The third-order valence-corrected chi connectivity index (χ3v) is 5.93. The number of nitrogens with zero attached hydrogens (tertiary/aromatic N) is 2. The molecule has 0 bridgehead atoms. The second-order valence-electron chi connectivity index (χ2n) is 7.72. The van der Waals surface area contributed by atoms with Crippen molar-refractivity contribution in [2.75, 3.05) is 0 Å². The lowest BCUT2D eigenvalue weighted by Gasteiger charge is -2.09. The Labute approximate surface area is 198 Å². The van der Waals surface area contributed by atoms with Crippen molar-refractivity contribution in [3.8, 4) is 0 Å². The molecule has 0 saturated heterocycles. The Kier molecular flexibility index (Phi) is 5.70. The van der Waals surface area contributed by atoms with Crippen LogP contribution in [0.4, 0.5) is 4.39 Å². The van der Waals surface area contributed by atoms with Crippen LogP contribution in [0.2, 0.25) is 10.0 Å². The molecule has 164 valence electrons. The standard InChI is InChI=1S/C25H17Cl2FN4O/c26-18-8-16-6-14(1-2-22(16)30-12-18)5-15-3-4-29-24(7-15)25(33)32-11-17-9-19-20(27)13-31-23(19)10-21(17)28/h1-4,6-10,12-13,31H,5,11H2,(H,32,33). The van der Waals surface area contributed by atoms with Gasteiger partial charge in [0.15, 0.2) is 0 Å². The van der Waals surface area contributed by atoms with Crippen LogP contribution in [0.15, 0.2) is 67.1 Å². The van der Waals surface area contributed by atoms with Gasteiger partial charge in [0.1, 0.15) is 11.5 Å². The van der Waals surface area contributed by atoms with Crippen molar-refractivity contribution in [1.82, 2.24) is 20.3 Å². The van der Waals surface area contributed by atoms with Crippen LogP contribution in [0.3, 0.4) is 0 Å². The van der Waals surface area contributed by atoms with Gasteiger partial charge in [-0.05, 0) is 60.0 Å². The van der Waals surface area contributed by atoms with Gasteiger partial charge in [-0.25, -0.2) is 4.39 Å². The number of hydrogen-bond donors (Lipinski definition) is 2. The Bertz CT molecular complexity index is 1520. The van der Waals surface area contributed by atoms with Crippen LogP contribution in [-0.4, -0.2) is 20.9 Å². The first-order valence-corrected chi connectivity index (χ1v) is 10.9. The molecule has 0 aliphatic carbocycles. The van der Waals surface area contributed by atoms with Crippen LogP contribution in [-0.2, 0) is 13.0 Å². The third-order valence-electron chi connectivity index (χ3n) is 5.42. The number of H-pyrrole nitrogens is 1. The Morgan fingerprint density at radius 2 is 1.88 bits per heavy atom. The summed E-state index contributed by atoms with van der Waals surface area (Å²) in [5, 5.41) is 5.47. The molecule has 0 saturated carbocycles. The fourth-order valence-electron chi connectivity index (χ4n) is 3.76. The van der Waals surface area contributed by atoms with Crippen molar-refractivity contribution in [3.05, 3.63) is 105 Å². The zero-order valence-electron chi connectivity index (χ0n) is 17.2. The molecular formula is C25H17Cl2FN4O. The molecule has 2 N–H and O–H groups in total. The molecule has 0 radical (unpaired) electrons. The molecule has 1 amide bonds. The smallest absolute Gasteiger partial charge is 0.270 e. The predicted molar refractivity (Wildman–Crippen MR) is 128 cm³/mol. The number of fused-ring (bicyclic) bond motifs is 2. The van der Waals surface area contributed by atoms with Gasteiger partial charge in [-0.3, -0.25) is 14.8 Å². The highest BCUT2D eigenvalue weighted by Crippen LogP contribution is 2.26. The summed E-state index contributed by atoms with van der Waals surface area (Å²) in [6.45, 7) is 0.0203. The number of amides is 1. The maximum atomic E-state index is 14.4. The topological polar surface area (TPSA) is 70.7 Å². The van der Waals surface area contributed by atoms with Gasteiger partial charge in [-0.2, -0.15) is 0 Å². The van der Waals surface area contributed by atoms with Crippen LogP contribution in [0.1, 0.15) is 27.2 Å².